The van der Waals surface area contributed by atoms with Crippen molar-refractivity contribution in [3.8, 4) is 0 Å². The van der Waals surface area contributed by atoms with Gasteiger partial charge in [-0.3, -0.25) is 4.68 Å². The molecule has 0 radical (unpaired) electrons. The molecule has 0 bridgehead atoms. The van der Waals surface area contributed by atoms with Crippen molar-refractivity contribution in [1.82, 2.24) is 9.78 Å². The maximum atomic E-state index is 8.66. The molecule has 3 nitrogen and oxygen atoms in total. The molecule has 0 aliphatic rings. The molecule has 1 aromatic rings. The van der Waals surface area contributed by atoms with E-state index in [0.717, 1.165) is 13.0 Å². The van der Waals surface area contributed by atoms with Crippen molar-refractivity contribution in [2.24, 2.45) is 0 Å². The number of rotatable bonds is 4. The van der Waals surface area contributed by atoms with Crippen LogP contribution in [-0.2, 0) is 6.54 Å². The summed E-state index contributed by atoms with van der Waals surface area (Å²) in [7, 11) is -1.20. The SMILES string of the molecule is C[Si](C)(C)c1cnn(CCCO)c1. The Morgan fingerprint density at radius 1 is 1.46 bits per heavy atom. The fourth-order valence-electron chi connectivity index (χ4n) is 1.11. The Kier molecular flexibility index (Phi) is 3.27. The van der Waals surface area contributed by atoms with Crippen LogP contribution in [0.15, 0.2) is 12.4 Å². The molecule has 0 spiro atoms. The summed E-state index contributed by atoms with van der Waals surface area (Å²) >= 11 is 0. The van der Waals surface area contributed by atoms with Crippen LogP contribution in [0.3, 0.4) is 0 Å². The number of aliphatic hydroxyl groups excluding tert-OH is 1. The van der Waals surface area contributed by atoms with Crippen LogP contribution in [0.1, 0.15) is 6.42 Å². The number of hydrogen-bond acceptors (Lipinski definition) is 2. The summed E-state index contributed by atoms with van der Waals surface area (Å²) in [6, 6.07) is 0. The monoisotopic (exact) mass is 198 g/mol. The summed E-state index contributed by atoms with van der Waals surface area (Å²) in [4.78, 5) is 0. The second kappa shape index (κ2) is 4.06. The molecule has 1 N–H and O–H groups in total. The van der Waals surface area contributed by atoms with E-state index in [0.29, 0.717) is 0 Å². The highest BCUT2D eigenvalue weighted by Gasteiger charge is 2.17. The molecule has 1 rings (SSSR count). The minimum Gasteiger partial charge on any atom is -0.396 e. The van der Waals surface area contributed by atoms with Crippen molar-refractivity contribution in [1.29, 1.82) is 0 Å². The van der Waals surface area contributed by atoms with Crippen LogP contribution < -0.4 is 5.19 Å². The number of nitrogens with zero attached hydrogens (tertiary/aromatic N) is 2. The lowest BCUT2D eigenvalue weighted by Crippen LogP contribution is -2.36. The van der Waals surface area contributed by atoms with Crippen LogP contribution in [0.4, 0.5) is 0 Å². The molecule has 1 aromatic heterocycles. The Morgan fingerprint density at radius 3 is 2.62 bits per heavy atom. The molecule has 0 aromatic carbocycles. The van der Waals surface area contributed by atoms with Gasteiger partial charge in [-0.05, 0) is 11.6 Å². The van der Waals surface area contributed by atoms with Gasteiger partial charge in [0.2, 0.25) is 0 Å². The van der Waals surface area contributed by atoms with Gasteiger partial charge in [-0.15, -0.1) is 0 Å². The first-order valence-electron chi connectivity index (χ1n) is 4.68. The summed E-state index contributed by atoms with van der Waals surface area (Å²) in [6.45, 7) is 7.98. The molecular weight excluding hydrogens is 180 g/mol. The fraction of sp³-hybridized carbons (Fsp3) is 0.667. The molecule has 0 fully saturated rings. The van der Waals surface area contributed by atoms with Gasteiger partial charge in [0.15, 0.2) is 0 Å². The molecule has 13 heavy (non-hydrogen) atoms. The van der Waals surface area contributed by atoms with Crippen LogP contribution in [-0.4, -0.2) is 29.6 Å². The van der Waals surface area contributed by atoms with Gasteiger partial charge in [-0.2, -0.15) is 5.10 Å². The van der Waals surface area contributed by atoms with E-state index in [4.69, 9.17) is 5.11 Å². The van der Waals surface area contributed by atoms with Gasteiger partial charge in [-0.1, -0.05) is 19.6 Å². The fourth-order valence-corrected chi connectivity index (χ4v) is 2.09. The van der Waals surface area contributed by atoms with Crippen molar-refractivity contribution in [3.63, 3.8) is 0 Å². The van der Waals surface area contributed by atoms with Gasteiger partial charge < -0.3 is 5.11 Å². The predicted molar refractivity (Wildman–Crippen MR) is 56.9 cm³/mol. The second-order valence-electron chi connectivity index (χ2n) is 4.32. The van der Waals surface area contributed by atoms with Crippen molar-refractivity contribution in [2.45, 2.75) is 32.6 Å². The van der Waals surface area contributed by atoms with E-state index in [1.807, 2.05) is 10.9 Å². The first kappa shape index (κ1) is 10.5. The third-order valence-electron chi connectivity index (χ3n) is 2.04. The van der Waals surface area contributed by atoms with E-state index >= 15 is 0 Å². The van der Waals surface area contributed by atoms with Gasteiger partial charge in [0.1, 0.15) is 0 Å². The average Bonchev–Trinajstić information content (AvgIpc) is 2.47. The summed E-state index contributed by atoms with van der Waals surface area (Å²) < 4.78 is 1.92. The van der Waals surface area contributed by atoms with E-state index < -0.39 is 8.07 Å². The third-order valence-corrected chi connectivity index (χ3v) is 4.03. The van der Waals surface area contributed by atoms with Crippen molar-refractivity contribution in [3.05, 3.63) is 12.4 Å². The van der Waals surface area contributed by atoms with E-state index in [9.17, 15) is 0 Å². The highest BCUT2D eigenvalue weighted by Crippen LogP contribution is 2.01. The predicted octanol–water partition coefficient (Wildman–Crippen LogP) is 0.811. The lowest BCUT2D eigenvalue weighted by Gasteiger charge is -2.11. The first-order chi connectivity index (χ1) is 6.04. The number of aliphatic hydroxyl groups is 1. The van der Waals surface area contributed by atoms with Gasteiger partial charge in [0.25, 0.3) is 0 Å². The van der Waals surface area contributed by atoms with Gasteiger partial charge in [0.05, 0.1) is 8.07 Å². The zero-order valence-electron chi connectivity index (χ0n) is 8.62. The Morgan fingerprint density at radius 2 is 2.15 bits per heavy atom. The molecule has 74 valence electrons. The van der Waals surface area contributed by atoms with Crippen LogP contribution in [0.25, 0.3) is 0 Å². The Labute approximate surface area is 80.4 Å². The zero-order valence-corrected chi connectivity index (χ0v) is 9.62. The molecule has 0 aliphatic carbocycles. The quantitative estimate of drug-likeness (QED) is 0.727. The number of hydrogen-bond donors (Lipinski definition) is 1. The third kappa shape index (κ3) is 2.97. The van der Waals surface area contributed by atoms with Crippen LogP contribution in [0, 0.1) is 0 Å². The van der Waals surface area contributed by atoms with E-state index in [2.05, 4.69) is 30.9 Å². The largest absolute Gasteiger partial charge is 0.396 e. The van der Waals surface area contributed by atoms with Gasteiger partial charge in [-0.25, -0.2) is 0 Å². The molecule has 0 unspecified atom stereocenters. The van der Waals surface area contributed by atoms with Gasteiger partial charge >= 0.3 is 0 Å². The molecule has 0 saturated carbocycles. The van der Waals surface area contributed by atoms with Crippen LogP contribution in [0.2, 0.25) is 19.6 Å². The maximum absolute atomic E-state index is 8.66. The minimum atomic E-state index is -1.20. The average molecular weight is 198 g/mol. The summed E-state index contributed by atoms with van der Waals surface area (Å²) in [5, 5.41) is 14.3. The van der Waals surface area contributed by atoms with Crippen molar-refractivity contribution >= 4 is 13.3 Å². The lowest BCUT2D eigenvalue weighted by atomic mass is 10.5. The molecule has 0 atom stereocenters. The highest BCUT2D eigenvalue weighted by molar-refractivity contribution is 6.88. The highest BCUT2D eigenvalue weighted by atomic mass is 28.3. The Balaban J connectivity index is 2.64. The standard InChI is InChI=1S/C9H18N2OSi/c1-13(2,3)9-7-10-11(8-9)5-4-6-12/h7-8,12H,4-6H2,1-3H3. The smallest absolute Gasteiger partial charge is 0.0817 e. The van der Waals surface area contributed by atoms with Crippen LogP contribution in [0.5, 0.6) is 0 Å². The zero-order chi connectivity index (χ0) is 9.90. The van der Waals surface area contributed by atoms with Gasteiger partial charge in [0, 0.05) is 25.5 Å². The lowest BCUT2D eigenvalue weighted by molar-refractivity contribution is 0.277. The topological polar surface area (TPSA) is 38.0 Å². The van der Waals surface area contributed by atoms with E-state index in [1.54, 1.807) is 0 Å². The molecule has 0 amide bonds. The molecule has 0 aliphatic heterocycles. The minimum absolute atomic E-state index is 0.238. The Bertz CT molecular complexity index is 265. The summed E-state index contributed by atoms with van der Waals surface area (Å²) in [5.74, 6) is 0. The second-order valence-corrected chi connectivity index (χ2v) is 9.40. The molecular formula is C9H18N2OSi. The molecule has 1 heterocycles. The van der Waals surface area contributed by atoms with Crippen molar-refractivity contribution < 1.29 is 5.11 Å². The number of aryl methyl sites for hydroxylation is 1. The van der Waals surface area contributed by atoms with E-state index in [-0.39, 0.29) is 6.61 Å². The Hall–Kier alpha value is -0.613. The summed E-state index contributed by atoms with van der Waals surface area (Å²) in [6.07, 6.45) is 4.86. The first-order valence-corrected chi connectivity index (χ1v) is 8.18. The number of aromatic nitrogens is 2. The molecule has 4 heteroatoms. The maximum Gasteiger partial charge on any atom is 0.0817 e. The van der Waals surface area contributed by atoms with E-state index in [1.165, 1.54) is 5.19 Å². The summed E-state index contributed by atoms with van der Waals surface area (Å²) in [5.41, 5.74) is 0. The molecule has 0 saturated heterocycles. The normalized spacial score (nSPS) is 12.0. The van der Waals surface area contributed by atoms with Crippen molar-refractivity contribution in [2.75, 3.05) is 6.61 Å². The van der Waals surface area contributed by atoms with Crippen LogP contribution >= 0.6 is 0 Å².